The maximum atomic E-state index is 6.78. The SMILES string of the molecule is COC1CCCC(C2(C3CCCCO3)CCCCO2)([Si](C)(C)OC)O1. The van der Waals surface area contributed by atoms with Crippen LogP contribution in [0.15, 0.2) is 0 Å². The third kappa shape index (κ3) is 3.34. The Hall–Kier alpha value is 0.0169. The molecule has 3 aliphatic heterocycles. The molecule has 0 aliphatic carbocycles. The van der Waals surface area contributed by atoms with Crippen LogP contribution in [0.1, 0.15) is 57.8 Å². The van der Waals surface area contributed by atoms with Gasteiger partial charge in [0.15, 0.2) is 6.29 Å². The lowest BCUT2D eigenvalue weighted by atomic mass is 9.77. The molecule has 0 amide bonds. The Morgan fingerprint density at radius 2 is 1.72 bits per heavy atom. The number of ether oxygens (including phenoxy) is 4. The minimum atomic E-state index is -2.24. The van der Waals surface area contributed by atoms with E-state index in [4.69, 9.17) is 23.4 Å². The van der Waals surface area contributed by atoms with Gasteiger partial charge in [-0.2, -0.15) is 0 Å². The van der Waals surface area contributed by atoms with Gasteiger partial charge in [-0.25, -0.2) is 0 Å². The van der Waals surface area contributed by atoms with Crippen LogP contribution in [0, 0.1) is 0 Å². The molecule has 3 heterocycles. The molecule has 0 radical (unpaired) electrons. The van der Waals surface area contributed by atoms with Gasteiger partial charge in [-0.15, -0.1) is 0 Å². The van der Waals surface area contributed by atoms with Crippen molar-refractivity contribution in [3.63, 3.8) is 0 Å². The van der Waals surface area contributed by atoms with Crippen LogP contribution in [0.5, 0.6) is 0 Å². The first-order chi connectivity index (χ1) is 12.0. The lowest BCUT2D eigenvalue weighted by molar-refractivity contribution is -0.305. The van der Waals surface area contributed by atoms with E-state index >= 15 is 0 Å². The Labute approximate surface area is 153 Å². The Bertz CT molecular complexity index is 432. The summed E-state index contributed by atoms with van der Waals surface area (Å²) in [6, 6.07) is 0. The fraction of sp³-hybridized carbons (Fsp3) is 1.00. The van der Waals surface area contributed by atoms with Gasteiger partial charge in [0, 0.05) is 27.4 Å². The van der Waals surface area contributed by atoms with Gasteiger partial charge in [0.2, 0.25) is 8.32 Å². The van der Waals surface area contributed by atoms with Crippen LogP contribution in [0.4, 0.5) is 0 Å². The number of hydrogen-bond donors (Lipinski definition) is 0. The molecule has 5 nitrogen and oxygen atoms in total. The van der Waals surface area contributed by atoms with Gasteiger partial charge in [-0.05, 0) is 70.9 Å². The molecular formula is C19H36O5Si. The highest BCUT2D eigenvalue weighted by atomic mass is 28.4. The van der Waals surface area contributed by atoms with Crippen molar-refractivity contribution < 1.29 is 23.4 Å². The minimum Gasteiger partial charge on any atom is -0.417 e. The second kappa shape index (κ2) is 7.95. The maximum Gasteiger partial charge on any atom is 0.221 e. The summed E-state index contributed by atoms with van der Waals surface area (Å²) in [4.78, 5) is 0. The van der Waals surface area contributed by atoms with Crippen LogP contribution in [-0.2, 0) is 23.4 Å². The summed E-state index contributed by atoms with van der Waals surface area (Å²) in [5, 5.41) is -0.434. The normalized spacial score (nSPS) is 40.8. The maximum absolute atomic E-state index is 6.78. The summed E-state index contributed by atoms with van der Waals surface area (Å²) in [5.41, 5.74) is -0.408. The molecule has 0 spiro atoms. The standard InChI is InChI=1S/C19H36O5Si/c1-20-17-11-9-13-19(24-17,25(3,4)21-2)18(12-6-8-15-23-18)16-10-5-7-14-22-16/h16-17H,5-15H2,1-4H3. The predicted molar refractivity (Wildman–Crippen MR) is 99.1 cm³/mol. The van der Waals surface area contributed by atoms with Crippen LogP contribution in [0.25, 0.3) is 0 Å². The van der Waals surface area contributed by atoms with E-state index in [-0.39, 0.29) is 12.4 Å². The molecule has 0 bridgehead atoms. The molecule has 4 unspecified atom stereocenters. The van der Waals surface area contributed by atoms with Crippen LogP contribution in [-0.4, -0.2) is 59.0 Å². The van der Waals surface area contributed by atoms with E-state index in [0.717, 1.165) is 64.6 Å². The first-order valence-electron chi connectivity index (χ1n) is 10.0. The molecule has 146 valence electrons. The van der Waals surface area contributed by atoms with E-state index in [9.17, 15) is 0 Å². The molecule has 0 saturated carbocycles. The van der Waals surface area contributed by atoms with Crippen molar-refractivity contribution >= 4 is 8.32 Å². The molecule has 25 heavy (non-hydrogen) atoms. The second-order valence-electron chi connectivity index (χ2n) is 8.27. The number of hydrogen-bond acceptors (Lipinski definition) is 5. The zero-order chi connectivity index (χ0) is 18.0. The minimum absolute atomic E-state index is 0.0964. The van der Waals surface area contributed by atoms with Gasteiger partial charge >= 0.3 is 0 Å². The molecule has 3 saturated heterocycles. The van der Waals surface area contributed by atoms with Crippen molar-refractivity contribution in [1.82, 2.24) is 0 Å². The van der Waals surface area contributed by atoms with Crippen LogP contribution in [0.3, 0.4) is 0 Å². The van der Waals surface area contributed by atoms with Crippen molar-refractivity contribution in [2.45, 2.75) is 94.1 Å². The average molecular weight is 373 g/mol. The second-order valence-corrected chi connectivity index (χ2v) is 12.5. The van der Waals surface area contributed by atoms with Gasteiger partial charge in [0.1, 0.15) is 10.8 Å². The highest BCUT2D eigenvalue weighted by molar-refractivity contribution is 6.74. The Balaban J connectivity index is 2.06. The van der Waals surface area contributed by atoms with E-state index in [0.29, 0.717) is 0 Å². The predicted octanol–water partition coefficient (Wildman–Crippen LogP) is 3.80. The summed E-state index contributed by atoms with van der Waals surface area (Å²) in [6.07, 6.45) is 9.58. The lowest BCUT2D eigenvalue weighted by Crippen LogP contribution is -2.77. The van der Waals surface area contributed by atoms with Crippen LogP contribution < -0.4 is 0 Å². The van der Waals surface area contributed by atoms with Gasteiger partial charge in [-0.3, -0.25) is 0 Å². The molecule has 0 aromatic carbocycles. The zero-order valence-corrected chi connectivity index (χ0v) is 17.5. The van der Waals surface area contributed by atoms with Gasteiger partial charge in [-0.1, -0.05) is 0 Å². The van der Waals surface area contributed by atoms with Crippen LogP contribution in [0.2, 0.25) is 13.1 Å². The van der Waals surface area contributed by atoms with E-state index in [1.807, 2.05) is 7.11 Å². The van der Waals surface area contributed by atoms with Crippen molar-refractivity contribution in [1.29, 1.82) is 0 Å². The van der Waals surface area contributed by atoms with E-state index in [2.05, 4.69) is 13.1 Å². The summed E-state index contributed by atoms with van der Waals surface area (Å²) in [6.45, 7) is 6.16. The Morgan fingerprint density at radius 1 is 0.920 bits per heavy atom. The number of methoxy groups -OCH3 is 1. The first kappa shape index (κ1) is 19.8. The Morgan fingerprint density at radius 3 is 2.32 bits per heavy atom. The third-order valence-corrected chi connectivity index (χ3v) is 10.5. The smallest absolute Gasteiger partial charge is 0.221 e. The third-order valence-electron chi connectivity index (χ3n) is 6.73. The summed E-state index contributed by atoms with van der Waals surface area (Å²) < 4.78 is 31.6. The fourth-order valence-corrected chi connectivity index (χ4v) is 8.11. The highest BCUT2D eigenvalue weighted by Gasteiger charge is 2.68. The van der Waals surface area contributed by atoms with Crippen molar-refractivity contribution in [2.75, 3.05) is 27.4 Å². The van der Waals surface area contributed by atoms with Gasteiger partial charge in [0.05, 0.1) is 6.10 Å². The summed E-state index contributed by atoms with van der Waals surface area (Å²) >= 11 is 0. The molecular weight excluding hydrogens is 336 g/mol. The zero-order valence-electron chi connectivity index (χ0n) is 16.5. The molecule has 4 atom stereocenters. The monoisotopic (exact) mass is 372 g/mol. The lowest BCUT2D eigenvalue weighted by Gasteiger charge is -2.61. The van der Waals surface area contributed by atoms with Crippen molar-refractivity contribution in [2.24, 2.45) is 0 Å². The van der Waals surface area contributed by atoms with Gasteiger partial charge in [0.25, 0.3) is 0 Å². The quantitative estimate of drug-likeness (QED) is 0.687. The largest absolute Gasteiger partial charge is 0.417 e. The summed E-state index contributed by atoms with van der Waals surface area (Å²) in [5.74, 6) is 0. The molecule has 0 aromatic heterocycles. The average Bonchev–Trinajstić information content (AvgIpc) is 2.69. The first-order valence-corrected chi connectivity index (χ1v) is 12.9. The highest BCUT2D eigenvalue weighted by Crippen LogP contribution is 2.53. The van der Waals surface area contributed by atoms with Gasteiger partial charge < -0.3 is 23.4 Å². The van der Waals surface area contributed by atoms with E-state index in [1.165, 1.54) is 6.42 Å². The topological polar surface area (TPSA) is 46.2 Å². The van der Waals surface area contributed by atoms with Crippen LogP contribution >= 0.6 is 0 Å². The molecule has 3 aliphatic rings. The van der Waals surface area contributed by atoms with E-state index in [1.54, 1.807) is 7.11 Å². The van der Waals surface area contributed by atoms with E-state index < -0.39 is 19.1 Å². The number of rotatable bonds is 5. The summed E-state index contributed by atoms with van der Waals surface area (Å²) in [7, 11) is 1.35. The van der Waals surface area contributed by atoms with Crippen molar-refractivity contribution in [3.05, 3.63) is 0 Å². The fourth-order valence-electron chi connectivity index (χ4n) is 5.21. The molecule has 3 fully saturated rings. The molecule has 0 aromatic rings. The molecule has 0 N–H and O–H groups in total. The molecule has 6 heteroatoms. The Kier molecular flexibility index (Phi) is 6.28. The van der Waals surface area contributed by atoms with Crippen molar-refractivity contribution in [3.8, 4) is 0 Å². The molecule has 3 rings (SSSR count).